The predicted molar refractivity (Wildman–Crippen MR) is 121 cm³/mol. The van der Waals surface area contributed by atoms with E-state index >= 15 is 0 Å². The van der Waals surface area contributed by atoms with E-state index in [0.717, 1.165) is 32.6 Å². The molecular formula is C21H17BrN10. The van der Waals surface area contributed by atoms with Gasteiger partial charge in [-0.05, 0) is 48.0 Å². The lowest BCUT2D eigenvalue weighted by Gasteiger charge is -2.04. The molecule has 0 aliphatic carbocycles. The van der Waals surface area contributed by atoms with Crippen LogP contribution >= 0.6 is 15.9 Å². The van der Waals surface area contributed by atoms with Crippen molar-refractivity contribution in [2.24, 2.45) is 0 Å². The summed E-state index contributed by atoms with van der Waals surface area (Å²) in [6.45, 7) is 4.49. The first kappa shape index (κ1) is 18.9. The van der Waals surface area contributed by atoms with E-state index in [1.54, 1.807) is 21.7 Å². The van der Waals surface area contributed by atoms with Gasteiger partial charge < -0.3 is 0 Å². The zero-order chi connectivity index (χ0) is 21.8. The summed E-state index contributed by atoms with van der Waals surface area (Å²) in [5, 5.41) is 19.1. The molecule has 5 heterocycles. The smallest absolute Gasteiger partial charge is 0.202 e. The third-order valence-electron chi connectivity index (χ3n) is 5.35. The van der Waals surface area contributed by atoms with Crippen molar-refractivity contribution in [3.8, 4) is 17.2 Å². The Balaban J connectivity index is 1.37. The average Bonchev–Trinajstić information content (AvgIpc) is 3.57. The first-order chi connectivity index (χ1) is 15.6. The molecule has 11 heteroatoms. The van der Waals surface area contributed by atoms with Crippen molar-refractivity contribution in [3.63, 3.8) is 0 Å². The second kappa shape index (κ2) is 7.09. The molecule has 6 aromatic rings. The normalized spacial score (nSPS) is 11.7. The third-order valence-corrected chi connectivity index (χ3v) is 6.50. The van der Waals surface area contributed by atoms with E-state index in [9.17, 15) is 0 Å². The molecule has 0 saturated heterocycles. The van der Waals surface area contributed by atoms with Crippen LogP contribution in [-0.4, -0.2) is 48.9 Å². The van der Waals surface area contributed by atoms with Gasteiger partial charge in [0.25, 0.3) is 0 Å². The molecule has 158 valence electrons. The number of aryl methyl sites for hydroxylation is 1. The van der Waals surface area contributed by atoms with E-state index in [0.29, 0.717) is 23.8 Å². The molecule has 0 aliphatic heterocycles. The Morgan fingerprint density at radius 2 is 1.81 bits per heavy atom. The highest BCUT2D eigenvalue weighted by atomic mass is 79.9. The number of nitrogens with zero attached hydrogens (tertiary/aromatic N) is 10. The number of hydrogen-bond acceptors (Lipinski definition) is 6. The van der Waals surface area contributed by atoms with E-state index < -0.39 is 0 Å². The fourth-order valence-electron chi connectivity index (χ4n) is 3.70. The fourth-order valence-corrected chi connectivity index (χ4v) is 3.98. The molecule has 0 unspecified atom stereocenters. The van der Waals surface area contributed by atoms with Crippen molar-refractivity contribution >= 4 is 32.6 Å². The third kappa shape index (κ3) is 2.93. The quantitative estimate of drug-likeness (QED) is 0.377. The standard InChI is InChI=1S/C21H17BrN10/c1-13-18(22)14(2)31(26-13)12-29-9-8-17(27-29)19-25-21-16-10-24-32(15-6-4-3-5-7-15)20(16)23-11-30(21)28-19/h3-11H,12H2,1-2H3. The van der Waals surface area contributed by atoms with Crippen LogP contribution in [0.25, 0.3) is 33.9 Å². The van der Waals surface area contributed by atoms with Crippen LogP contribution in [0, 0.1) is 13.8 Å². The van der Waals surface area contributed by atoms with Gasteiger partial charge in [0.05, 0.1) is 33.1 Å². The molecule has 0 amide bonds. The largest absolute Gasteiger partial charge is 0.250 e. The maximum absolute atomic E-state index is 4.73. The number of aromatic nitrogens is 10. The summed E-state index contributed by atoms with van der Waals surface area (Å²) in [5.41, 5.74) is 5.03. The zero-order valence-electron chi connectivity index (χ0n) is 17.3. The van der Waals surface area contributed by atoms with Gasteiger partial charge in [0.2, 0.25) is 5.82 Å². The molecular weight excluding hydrogens is 472 g/mol. The van der Waals surface area contributed by atoms with E-state index in [4.69, 9.17) is 4.98 Å². The van der Waals surface area contributed by atoms with Crippen LogP contribution in [0.4, 0.5) is 0 Å². The summed E-state index contributed by atoms with van der Waals surface area (Å²) in [6.07, 6.45) is 5.31. The van der Waals surface area contributed by atoms with Gasteiger partial charge in [-0.15, -0.1) is 5.10 Å². The monoisotopic (exact) mass is 488 g/mol. The van der Waals surface area contributed by atoms with Crippen LogP contribution in [0.2, 0.25) is 0 Å². The molecule has 0 bridgehead atoms. The van der Waals surface area contributed by atoms with E-state index in [1.165, 1.54) is 0 Å². The minimum atomic E-state index is 0.501. The van der Waals surface area contributed by atoms with Gasteiger partial charge in [0.15, 0.2) is 11.3 Å². The highest BCUT2D eigenvalue weighted by Gasteiger charge is 2.16. The Morgan fingerprint density at radius 1 is 0.969 bits per heavy atom. The molecule has 1 aromatic carbocycles. The van der Waals surface area contributed by atoms with Gasteiger partial charge in [-0.25, -0.2) is 23.8 Å². The van der Waals surface area contributed by atoms with Gasteiger partial charge >= 0.3 is 0 Å². The molecule has 0 N–H and O–H groups in total. The van der Waals surface area contributed by atoms with Crippen molar-refractivity contribution in [1.82, 2.24) is 48.9 Å². The molecule has 0 atom stereocenters. The van der Waals surface area contributed by atoms with Crippen LogP contribution in [0.5, 0.6) is 0 Å². The molecule has 10 nitrogen and oxygen atoms in total. The topological polar surface area (TPSA) is 96.5 Å². The maximum atomic E-state index is 4.73. The number of benzene rings is 1. The SMILES string of the molecule is Cc1nn(Cn2ccc(-c3nc4c5cnn(-c6ccccc6)c5ncn4n3)n2)c(C)c1Br. The summed E-state index contributed by atoms with van der Waals surface area (Å²) < 4.78 is 8.18. The summed E-state index contributed by atoms with van der Waals surface area (Å²) in [6, 6.07) is 11.8. The molecule has 0 saturated carbocycles. The Bertz CT molecular complexity index is 1590. The highest BCUT2D eigenvalue weighted by molar-refractivity contribution is 9.10. The van der Waals surface area contributed by atoms with Gasteiger partial charge in [-0.2, -0.15) is 15.3 Å². The lowest BCUT2D eigenvalue weighted by atomic mass is 10.3. The van der Waals surface area contributed by atoms with E-state index in [1.807, 2.05) is 65.8 Å². The van der Waals surface area contributed by atoms with Crippen LogP contribution in [0.3, 0.4) is 0 Å². The Hall–Kier alpha value is -3.86. The zero-order valence-corrected chi connectivity index (χ0v) is 18.8. The lowest BCUT2D eigenvalue weighted by molar-refractivity contribution is 0.492. The minimum absolute atomic E-state index is 0.501. The minimum Gasteiger partial charge on any atom is -0.250 e. The van der Waals surface area contributed by atoms with Crippen molar-refractivity contribution in [2.45, 2.75) is 20.5 Å². The van der Waals surface area contributed by atoms with E-state index in [2.05, 4.69) is 41.3 Å². The Labute approximate surface area is 190 Å². The van der Waals surface area contributed by atoms with Crippen LogP contribution < -0.4 is 0 Å². The fraction of sp³-hybridized carbons (Fsp3) is 0.143. The van der Waals surface area contributed by atoms with Crippen LogP contribution in [-0.2, 0) is 6.67 Å². The number of halogens is 1. The van der Waals surface area contributed by atoms with Crippen molar-refractivity contribution < 1.29 is 0 Å². The van der Waals surface area contributed by atoms with E-state index in [-0.39, 0.29) is 0 Å². The lowest BCUT2D eigenvalue weighted by Crippen LogP contribution is -2.11. The second-order valence-corrected chi connectivity index (χ2v) is 8.24. The average molecular weight is 489 g/mol. The first-order valence-corrected chi connectivity index (χ1v) is 10.8. The second-order valence-electron chi connectivity index (χ2n) is 7.44. The summed E-state index contributed by atoms with van der Waals surface area (Å²) in [4.78, 5) is 9.28. The van der Waals surface area contributed by atoms with Crippen molar-refractivity contribution in [2.75, 3.05) is 0 Å². The van der Waals surface area contributed by atoms with Gasteiger partial charge in [0.1, 0.15) is 18.7 Å². The summed E-state index contributed by atoms with van der Waals surface area (Å²) >= 11 is 3.56. The number of fused-ring (bicyclic) bond motifs is 3. The molecule has 0 aliphatic rings. The molecule has 0 fully saturated rings. The molecule has 5 aromatic heterocycles. The first-order valence-electron chi connectivity index (χ1n) is 9.96. The number of rotatable bonds is 4. The highest BCUT2D eigenvalue weighted by Crippen LogP contribution is 2.23. The van der Waals surface area contributed by atoms with Gasteiger partial charge in [-0.1, -0.05) is 18.2 Å². The molecule has 6 rings (SSSR count). The summed E-state index contributed by atoms with van der Waals surface area (Å²) in [5.74, 6) is 0.528. The summed E-state index contributed by atoms with van der Waals surface area (Å²) in [7, 11) is 0. The van der Waals surface area contributed by atoms with Crippen molar-refractivity contribution in [1.29, 1.82) is 0 Å². The number of hydrogen-bond donors (Lipinski definition) is 0. The van der Waals surface area contributed by atoms with Gasteiger partial charge in [-0.3, -0.25) is 4.68 Å². The van der Waals surface area contributed by atoms with Gasteiger partial charge in [0, 0.05) is 6.20 Å². The molecule has 0 radical (unpaired) electrons. The molecule has 32 heavy (non-hydrogen) atoms. The van der Waals surface area contributed by atoms with Crippen LogP contribution in [0.15, 0.2) is 59.6 Å². The molecule has 0 spiro atoms. The van der Waals surface area contributed by atoms with Crippen molar-refractivity contribution in [3.05, 3.63) is 71.0 Å². The Kier molecular flexibility index (Phi) is 4.18. The maximum Gasteiger partial charge on any atom is 0.202 e. The predicted octanol–water partition coefficient (Wildman–Crippen LogP) is 3.41. The number of para-hydroxylation sites is 1. The van der Waals surface area contributed by atoms with Crippen LogP contribution in [0.1, 0.15) is 11.4 Å². The Morgan fingerprint density at radius 3 is 2.59 bits per heavy atom.